The second-order valence-electron chi connectivity index (χ2n) is 8.84. The first-order chi connectivity index (χ1) is 15.4. The van der Waals surface area contributed by atoms with E-state index >= 15 is 0 Å². The van der Waals surface area contributed by atoms with Crippen LogP contribution in [0.1, 0.15) is 18.2 Å². The van der Waals surface area contributed by atoms with Crippen LogP contribution in [0.15, 0.2) is 36.5 Å². The van der Waals surface area contributed by atoms with E-state index in [1.54, 1.807) is 4.90 Å². The first kappa shape index (κ1) is 20.5. The Morgan fingerprint density at radius 3 is 2.69 bits per heavy atom. The Morgan fingerprint density at radius 1 is 1.31 bits per heavy atom. The highest BCUT2D eigenvalue weighted by Crippen LogP contribution is 2.60. The molecule has 2 unspecified atom stereocenters. The predicted octanol–water partition coefficient (Wildman–Crippen LogP) is 2.13. The zero-order valence-corrected chi connectivity index (χ0v) is 18.1. The van der Waals surface area contributed by atoms with Crippen molar-refractivity contribution in [1.82, 2.24) is 15.6 Å². The van der Waals surface area contributed by atoms with Gasteiger partial charge in [0.2, 0.25) is 5.91 Å². The number of carbonyl (C=O) groups is 2. The lowest BCUT2D eigenvalue weighted by atomic mass is 9.95. The summed E-state index contributed by atoms with van der Waals surface area (Å²) >= 11 is 0. The molecule has 32 heavy (non-hydrogen) atoms. The molecule has 3 aliphatic rings. The molecule has 3 fully saturated rings. The van der Waals surface area contributed by atoms with Crippen molar-refractivity contribution in [2.45, 2.75) is 25.4 Å². The fraction of sp³-hybridized carbons (Fsp3) is 0.417. The Balaban J connectivity index is 1.32. The largest absolute Gasteiger partial charge is 0.442 e. The summed E-state index contributed by atoms with van der Waals surface area (Å²) in [6.45, 7) is 5.85. The summed E-state index contributed by atoms with van der Waals surface area (Å²) in [7, 11) is 0. The lowest BCUT2D eigenvalue weighted by Crippen LogP contribution is -2.33. The number of rotatable bonds is 5. The number of carbonyl (C=O) groups excluding carboxylic acids is 2. The molecule has 164 valence electrons. The Hall–Kier alpha value is -3.44. The molecular weight excluding hydrogens is 406 g/mol. The average Bonchev–Trinajstić information content (AvgIpc) is 3.09. The van der Waals surface area contributed by atoms with E-state index in [2.05, 4.69) is 21.7 Å². The molecule has 2 N–H and O–H groups in total. The number of anilines is 1. The average molecular weight is 431 g/mol. The molecule has 3 atom stereocenters. The van der Waals surface area contributed by atoms with Crippen molar-refractivity contribution in [3.63, 3.8) is 0 Å². The number of hydrogen-bond donors (Lipinski definition) is 2. The number of benzene rings is 1. The Labute approximate surface area is 186 Å². The Kier molecular flexibility index (Phi) is 4.86. The van der Waals surface area contributed by atoms with E-state index in [1.807, 2.05) is 43.5 Å². The van der Waals surface area contributed by atoms with Crippen LogP contribution >= 0.6 is 0 Å². The molecular formula is C24H25N5O3. The number of nitrogens with one attached hydrogen (secondary N) is 2. The van der Waals surface area contributed by atoms with Crippen molar-refractivity contribution >= 4 is 17.7 Å². The minimum absolute atomic E-state index is 0.151. The van der Waals surface area contributed by atoms with E-state index in [1.165, 1.54) is 6.92 Å². The van der Waals surface area contributed by atoms with Gasteiger partial charge in [-0.3, -0.25) is 14.7 Å². The highest BCUT2D eigenvalue weighted by Gasteiger charge is 2.69. The number of aryl methyl sites for hydroxylation is 1. The van der Waals surface area contributed by atoms with E-state index in [-0.39, 0.29) is 12.0 Å². The molecule has 5 rings (SSSR count). The van der Waals surface area contributed by atoms with Gasteiger partial charge in [0.15, 0.2) is 0 Å². The second kappa shape index (κ2) is 7.61. The molecule has 2 saturated heterocycles. The third-order valence-electron chi connectivity index (χ3n) is 6.92. The van der Waals surface area contributed by atoms with Crippen molar-refractivity contribution < 1.29 is 14.3 Å². The van der Waals surface area contributed by atoms with Crippen molar-refractivity contribution in [2.24, 2.45) is 11.8 Å². The van der Waals surface area contributed by atoms with Gasteiger partial charge < -0.3 is 15.4 Å². The number of hydrogen-bond acceptors (Lipinski definition) is 6. The van der Waals surface area contributed by atoms with Gasteiger partial charge in [0.1, 0.15) is 11.5 Å². The summed E-state index contributed by atoms with van der Waals surface area (Å²) in [5, 5.41) is 15.8. The van der Waals surface area contributed by atoms with Crippen LogP contribution in [0.5, 0.6) is 0 Å². The van der Waals surface area contributed by atoms with Crippen molar-refractivity contribution in [3.05, 3.63) is 47.8 Å². The SMILES string of the molecule is CC(=O)NC[C@H]1CN(c2ccc(-c3ccc(C4(C#N)C5CNCC54)nc3)cc2C)C(=O)O1. The molecule has 0 spiro atoms. The smallest absolute Gasteiger partial charge is 0.414 e. The first-order valence-corrected chi connectivity index (χ1v) is 10.9. The third-order valence-corrected chi connectivity index (χ3v) is 6.92. The van der Waals surface area contributed by atoms with Crippen LogP contribution in [0.2, 0.25) is 0 Å². The van der Waals surface area contributed by atoms with Gasteiger partial charge in [0, 0.05) is 43.6 Å². The summed E-state index contributed by atoms with van der Waals surface area (Å²) < 4.78 is 5.37. The van der Waals surface area contributed by atoms with E-state index < -0.39 is 11.5 Å². The van der Waals surface area contributed by atoms with E-state index in [9.17, 15) is 14.9 Å². The maximum Gasteiger partial charge on any atom is 0.414 e. The van der Waals surface area contributed by atoms with Crippen molar-refractivity contribution in [2.75, 3.05) is 31.1 Å². The van der Waals surface area contributed by atoms with E-state index in [4.69, 9.17) is 4.74 Å². The highest BCUT2D eigenvalue weighted by molar-refractivity contribution is 5.91. The lowest BCUT2D eigenvalue weighted by Gasteiger charge is -2.17. The monoisotopic (exact) mass is 431 g/mol. The minimum atomic E-state index is -0.437. The van der Waals surface area contributed by atoms with Gasteiger partial charge in [0.25, 0.3) is 0 Å². The van der Waals surface area contributed by atoms with Gasteiger partial charge in [-0.1, -0.05) is 12.1 Å². The standard InChI is InChI=1S/C24H25N5O3/c1-14-7-16(3-5-21(14)29-12-18(32-23(29)31)9-27-15(2)30)17-4-6-22(28-8-17)24(13-25)19-10-26-11-20(19)24/h3-8,18-20,26H,9-12H2,1-2H3,(H,27,30)/t18-,19?,20?,24?/m0/s1. The van der Waals surface area contributed by atoms with Gasteiger partial charge in [-0.25, -0.2) is 4.79 Å². The number of fused-ring (bicyclic) bond motifs is 1. The molecule has 1 aromatic carbocycles. The molecule has 1 aromatic heterocycles. The van der Waals surface area contributed by atoms with Gasteiger partial charge in [0.05, 0.1) is 30.5 Å². The number of aromatic nitrogens is 1. The first-order valence-electron chi connectivity index (χ1n) is 10.9. The summed E-state index contributed by atoms with van der Waals surface area (Å²) in [6.07, 6.45) is 1.05. The maximum absolute atomic E-state index is 12.3. The van der Waals surface area contributed by atoms with Crippen LogP contribution in [0, 0.1) is 30.1 Å². The summed E-state index contributed by atoms with van der Waals surface area (Å²) in [6, 6.07) is 12.4. The number of amides is 2. The molecule has 8 heteroatoms. The van der Waals surface area contributed by atoms with Crippen LogP contribution in [-0.2, 0) is 14.9 Å². The van der Waals surface area contributed by atoms with Gasteiger partial charge >= 0.3 is 6.09 Å². The van der Waals surface area contributed by atoms with Crippen LogP contribution in [0.4, 0.5) is 10.5 Å². The number of nitriles is 1. The van der Waals surface area contributed by atoms with Crippen molar-refractivity contribution in [3.8, 4) is 17.2 Å². The molecule has 0 radical (unpaired) electrons. The van der Waals surface area contributed by atoms with Gasteiger partial charge in [-0.05, 0) is 36.2 Å². The van der Waals surface area contributed by atoms with Gasteiger partial charge in [-0.15, -0.1) is 0 Å². The number of ether oxygens (including phenoxy) is 1. The summed E-state index contributed by atoms with van der Waals surface area (Å²) in [5.74, 6) is 0.575. The topological polar surface area (TPSA) is 107 Å². The minimum Gasteiger partial charge on any atom is -0.442 e. The Bertz CT molecular complexity index is 1110. The zero-order valence-electron chi connectivity index (χ0n) is 18.1. The van der Waals surface area contributed by atoms with Gasteiger partial charge in [-0.2, -0.15) is 5.26 Å². The fourth-order valence-electron chi connectivity index (χ4n) is 5.17. The molecule has 1 saturated carbocycles. The van der Waals surface area contributed by atoms with Crippen LogP contribution < -0.4 is 15.5 Å². The summed E-state index contributed by atoms with van der Waals surface area (Å²) in [5.41, 5.74) is 4.12. The summed E-state index contributed by atoms with van der Waals surface area (Å²) in [4.78, 5) is 29.7. The predicted molar refractivity (Wildman–Crippen MR) is 118 cm³/mol. The number of nitrogens with zero attached hydrogens (tertiary/aromatic N) is 3. The number of pyridine rings is 1. The molecule has 2 aromatic rings. The fourth-order valence-corrected chi connectivity index (χ4v) is 5.17. The Morgan fingerprint density at radius 2 is 2.06 bits per heavy atom. The second-order valence-corrected chi connectivity index (χ2v) is 8.84. The van der Waals surface area contributed by atoms with Crippen molar-refractivity contribution in [1.29, 1.82) is 5.26 Å². The molecule has 8 nitrogen and oxygen atoms in total. The normalized spacial score (nSPS) is 28.1. The van der Waals surface area contributed by atoms with Crippen LogP contribution in [0.25, 0.3) is 11.1 Å². The number of cyclic esters (lactones) is 1. The lowest BCUT2D eigenvalue weighted by molar-refractivity contribution is -0.119. The van der Waals surface area contributed by atoms with E-state index in [0.29, 0.717) is 24.9 Å². The number of piperidine rings is 1. The molecule has 2 aliphatic heterocycles. The highest BCUT2D eigenvalue weighted by atomic mass is 16.6. The van der Waals surface area contributed by atoms with Crippen LogP contribution in [0.3, 0.4) is 0 Å². The quantitative estimate of drug-likeness (QED) is 0.751. The molecule has 0 bridgehead atoms. The molecule has 2 amide bonds. The third kappa shape index (κ3) is 3.21. The van der Waals surface area contributed by atoms with Crippen LogP contribution in [-0.4, -0.2) is 49.3 Å². The zero-order chi connectivity index (χ0) is 22.5. The molecule has 1 aliphatic carbocycles. The molecule has 3 heterocycles. The van der Waals surface area contributed by atoms with E-state index in [0.717, 1.165) is 41.2 Å². The maximum atomic E-state index is 12.3.